The number of ether oxygens (including phenoxy) is 1. The van der Waals surface area contributed by atoms with E-state index < -0.39 is 29.4 Å². The fourth-order valence-corrected chi connectivity index (χ4v) is 5.26. The van der Waals surface area contributed by atoms with Gasteiger partial charge in [0, 0.05) is 12.0 Å². The van der Waals surface area contributed by atoms with Gasteiger partial charge in [0.1, 0.15) is 12.6 Å². The summed E-state index contributed by atoms with van der Waals surface area (Å²) in [5, 5.41) is 15.1. The molecule has 0 spiro atoms. The van der Waals surface area contributed by atoms with Crippen molar-refractivity contribution in [1.82, 2.24) is 10.6 Å². The van der Waals surface area contributed by atoms with Crippen LogP contribution in [0.3, 0.4) is 0 Å². The predicted molar refractivity (Wildman–Crippen MR) is 133 cm³/mol. The average molecular weight is 479 g/mol. The fraction of sp³-hybridized carbons (Fsp3) is 0.464. The van der Waals surface area contributed by atoms with Gasteiger partial charge < -0.3 is 20.5 Å². The van der Waals surface area contributed by atoms with E-state index in [0.29, 0.717) is 12.8 Å². The molecule has 0 aromatic heterocycles. The summed E-state index contributed by atoms with van der Waals surface area (Å²) >= 11 is 0. The summed E-state index contributed by atoms with van der Waals surface area (Å²) in [6.07, 6.45) is 1.87. The topological polar surface area (TPSA) is 105 Å². The average Bonchev–Trinajstić information content (AvgIpc) is 3.14. The minimum Gasteiger partial charge on any atom is -0.481 e. The van der Waals surface area contributed by atoms with Crippen molar-refractivity contribution >= 4 is 18.0 Å². The van der Waals surface area contributed by atoms with Crippen LogP contribution in [0.5, 0.6) is 0 Å². The van der Waals surface area contributed by atoms with E-state index in [0.717, 1.165) is 35.1 Å². The van der Waals surface area contributed by atoms with Gasteiger partial charge in [-0.3, -0.25) is 9.59 Å². The van der Waals surface area contributed by atoms with Crippen molar-refractivity contribution in [2.45, 2.75) is 64.5 Å². The van der Waals surface area contributed by atoms with E-state index in [1.54, 1.807) is 0 Å². The number of aliphatic carboxylic acids is 1. The summed E-state index contributed by atoms with van der Waals surface area (Å²) in [7, 11) is 0. The Morgan fingerprint density at radius 2 is 1.60 bits per heavy atom. The normalized spacial score (nSPS) is 20.3. The number of amides is 2. The molecule has 2 aromatic carbocycles. The third-order valence-electron chi connectivity index (χ3n) is 7.10. The van der Waals surface area contributed by atoms with Gasteiger partial charge in [-0.15, -0.1) is 0 Å². The van der Waals surface area contributed by atoms with Crippen LogP contribution in [0, 0.1) is 11.3 Å². The maximum atomic E-state index is 13.1. The van der Waals surface area contributed by atoms with Gasteiger partial charge >= 0.3 is 12.1 Å². The Labute approximate surface area is 206 Å². The lowest BCUT2D eigenvalue weighted by molar-refractivity contribution is -0.143. The summed E-state index contributed by atoms with van der Waals surface area (Å²) in [6, 6.07) is 15.2. The number of fused-ring (bicyclic) bond motifs is 3. The van der Waals surface area contributed by atoms with Gasteiger partial charge in [0.05, 0.1) is 5.92 Å². The maximum absolute atomic E-state index is 13.1. The summed E-state index contributed by atoms with van der Waals surface area (Å²) in [5.41, 5.74) is 3.98. The number of carboxylic acids is 1. The third kappa shape index (κ3) is 5.50. The molecule has 0 radical (unpaired) electrons. The van der Waals surface area contributed by atoms with Crippen LogP contribution in [0.25, 0.3) is 11.1 Å². The number of hydrogen-bond acceptors (Lipinski definition) is 4. The van der Waals surface area contributed by atoms with Crippen molar-refractivity contribution in [1.29, 1.82) is 0 Å². The highest BCUT2D eigenvalue weighted by atomic mass is 16.5. The first-order valence-corrected chi connectivity index (χ1v) is 12.3. The van der Waals surface area contributed by atoms with Crippen LogP contribution in [-0.4, -0.2) is 41.8 Å². The molecular formula is C28H34N2O5. The van der Waals surface area contributed by atoms with Gasteiger partial charge in [0.15, 0.2) is 0 Å². The number of carbonyl (C=O) groups is 3. The summed E-state index contributed by atoms with van der Waals surface area (Å²) < 4.78 is 5.65. The monoisotopic (exact) mass is 478 g/mol. The Morgan fingerprint density at radius 3 is 2.17 bits per heavy atom. The van der Waals surface area contributed by atoms with E-state index in [9.17, 15) is 19.5 Å². The lowest BCUT2D eigenvalue weighted by Gasteiger charge is -2.33. The van der Waals surface area contributed by atoms with Gasteiger partial charge in [0.2, 0.25) is 5.91 Å². The minimum atomic E-state index is -0.826. The van der Waals surface area contributed by atoms with Gasteiger partial charge in [-0.25, -0.2) is 4.79 Å². The zero-order valence-electron chi connectivity index (χ0n) is 20.5. The van der Waals surface area contributed by atoms with E-state index in [1.807, 2.05) is 45.0 Å². The van der Waals surface area contributed by atoms with Crippen molar-refractivity contribution < 1.29 is 24.2 Å². The second kappa shape index (κ2) is 10.1. The molecule has 2 amide bonds. The smallest absolute Gasteiger partial charge is 0.407 e. The fourth-order valence-electron chi connectivity index (χ4n) is 5.26. The Bertz CT molecular complexity index is 1060. The molecule has 2 aliphatic carbocycles. The van der Waals surface area contributed by atoms with Crippen molar-refractivity contribution in [2.24, 2.45) is 11.3 Å². The van der Waals surface area contributed by atoms with E-state index in [2.05, 4.69) is 34.9 Å². The van der Waals surface area contributed by atoms with E-state index in [4.69, 9.17) is 4.74 Å². The van der Waals surface area contributed by atoms with Crippen LogP contribution < -0.4 is 10.6 Å². The zero-order chi connectivity index (χ0) is 25.2. The standard InChI is InChI=1S/C28H34N2O5/c1-28(2,3)24(25(31)29-18-10-8-9-17(15-18)26(32)33)30-27(34)35-16-23-21-13-6-4-11-19(21)20-12-5-7-14-22(20)23/h4-7,11-14,17-18,23-24H,8-10,15-16H2,1-3H3,(H,29,31)(H,30,34)(H,32,33)/t17-,18+,24+/m1/s1. The third-order valence-corrected chi connectivity index (χ3v) is 7.10. The SMILES string of the molecule is CC(C)(C)[C@@H](NC(=O)OCC1c2ccccc2-c2ccccc21)C(=O)N[C@H]1CCC[C@@H](C(=O)O)C1. The maximum Gasteiger partial charge on any atom is 0.407 e. The van der Waals surface area contributed by atoms with Crippen molar-refractivity contribution in [3.63, 3.8) is 0 Å². The van der Waals surface area contributed by atoms with E-state index in [1.165, 1.54) is 0 Å². The Kier molecular flexibility index (Phi) is 7.15. The number of carbonyl (C=O) groups excluding carboxylic acids is 2. The van der Waals surface area contributed by atoms with Crippen LogP contribution in [0.4, 0.5) is 4.79 Å². The van der Waals surface area contributed by atoms with Crippen molar-refractivity contribution in [3.05, 3.63) is 59.7 Å². The molecule has 0 bridgehead atoms. The first-order valence-electron chi connectivity index (χ1n) is 12.3. The Hall–Kier alpha value is -3.35. The molecule has 0 aliphatic heterocycles. The highest BCUT2D eigenvalue weighted by Crippen LogP contribution is 2.44. The van der Waals surface area contributed by atoms with Gasteiger partial charge in [-0.2, -0.15) is 0 Å². The highest BCUT2D eigenvalue weighted by Gasteiger charge is 2.36. The molecule has 3 N–H and O–H groups in total. The molecule has 186 valence electrons. The summed E-state index contributed by atoms with van der Waals surface area (Å²) in [5.74, 6) is -1.65. The van der Waals surface area contributed by atoms with Gasteiger partial charge in [-0.1, -0.05) is 75.7 Å². The molecule has 3 atom stereocenters. The lowest BCUT2D eigenvalue weighted by Crippen LogP contribution is -2.56. The summed E-state index contributed by atoms with van der Waals surface area (Å²) in [4.78, 5) is 37.3. The molecule has 35 heavy (non-hydrogen) atoms. The number of benzene rings is 2. The first-order chi connectivity index (χ1) is 16.6. The second-order valence-corrected chi connectivity index (χ2v) is 10.7. The number of hydrogen-bond donors (Lipinski definition) is 3. The van der Waals surface area contributed by atoms with E-state index >= 15 is 0 Å². The molecular weight excluding hydrogens is 444 g/mol. The second-order valence-electron chi connectivity index (χ2n) is 10.7. The Balaban J connectivity index is 1.40. The molecule has 4 rings (SSSR count). The van der Waals surface area contributed by atoms with Gasteiger partial charge in [-0.05, 0) is 46.9 Å². The van der Waals surface area contributed by atoms with Crippen LogP contribution in [0.2, 0.25) is 0 Å². The number of nitrogens with one attached hydrogen (secondary N) is 2. The number of rotatable bonds is 6. The molecule has 2 aliphatic rings. The number of carboxylic acid groups (broad SMARTS) is 1. The van der Waals surface area contributed by atoms with Crippen molar-refractivity contribution in [3.8, 4) is 11.1 Å². The highest BCUT2D eigenvalue weighted by molar-refractivity contribution is 5.87. The molecule has 0 saturated heterocycles. The Morgan fingerprint density at radius 1 is 1.00 bits per heavy atom. The molecule has 7 heteroatoms. The quantitative estimate of drug-likeness (QED) is 0.558. The van der Waals surface area contributed by atoms with E-state index in [-0.39, 0.29) is 24.5 Å². The lowest BCUT2D eigenvalue weighted by atomic mass is 9.83. The molecule has 7 nitrogen and oxygen atoms in total. The molecule has 2 aromatic rings. The van der Waals surface area contributed by atoms with Crippen LogP contribution in [-0.2, 0) is 14.3 Å². The minimum absolute atomic E-state index is 0.0646. The number of alkyl carbamates (subject to hydrolysis) is 1. The molecule has 0 unspecified atom stereocenters. The predicted octanol–water partition coefficient (Wildman–Crippen LogP) is 4.70. The van der Waals surface area contributed by atoms with Crippen LogP contribution in [0.1, 0.15) is 63.5 Å². The largest absolute Gasteiger partial charge is 0.481 e. The first kappa shape index (κ1) is 24.8. The molecule has 0 heterocycles. The van der Waals surface area contributed by atoms with Crippen molar-refractivity contribution in [2.75, 3.05) is 6.61 Å². The van der Waals surface area contributed by atoms with Gasteiger partial charge in [0.25, 0.3) is 0 Å². The molecule has 1 saturated carbocycles. The summed E-state index contributed by atoms with van der Waals surface area (Å²) in [6.45, 7) is 5.80. The van der Waals surface area contributed by atoms with Crippen LogP contribution in [0.15, 0.2) is 48.5 Å². The molecule has 1 fully saturated rings. The van der Waals surface area contributed by atoms with Crippen LogP contribution >= 0.6 is 0 Å². The zero-order valence-corrected chi connectivity index (χ0v) is 20.5.